The highest BCUT2D eigenvalue weighted by Crippen LogP contribution is 2.25. The largest absolute Gasteiger partial charge is 0.452 e. The summed E-state index contributed by atoms with van der Waals surface area (Å²) >= 11 is 3.26. The van der Waals surface area contributed by atoms with Gasteiger partial charge in [0.15, 0.2) is 19.5 Å². The number of nitrogens with zero attached hydrogens (tertiary/aromatic N) is 2. The summed E-state index contributed by atoms with van der Waals surface area (Å²) < 4.78 is 29.9. The van der Waals surface area contributed by atoms with Crippen LogP contribution in [-0.2, 0) is 16.4 Å². The minimum Gasteiger partial charge on any atom is -0.452 e. The topological polar surface area (TPSA) is 63.4 Å². The molecule has 120 valence electrons. The molecule has 2 heterocycles. The van der Waals surface area contributed by atoms with E-state index in [0.29, 0.717) is 11.2 Å². The van der Waals surface area contributed by atoms with Crippen LogP contribution in [0.1, 0.15) is 26.5 Å². The Kier molecular flexibility index (Phi) is 4.67. The van der Waals surface area contributed by atoms with Crippen LogP contribution in [0.5, 0.6) is 0 Å². The van der Waals surface area contributed by atoms with Crippen molar-refractivity contribution in [3.63, 3.8) is 0 Å². The summed E-state index contributed by atoms with van der Waals surface area (Å²) in [6.45, 7) is 5.56. The quantitative estimate of drug-likeness (QED) is 0.802. The predicted molar refractivity (Wildman–Crippen MR) is 89.7 cm³/mol. The monoisotopic (exact) mass is 386 g/mol. The Morgan fingerprint density at radius 1 is 1.23 bits per heavy atom. The van der Waals surface area contributed by atoms with Gasteiger partial charge >= 0.3 is 0 Å². The van der Waals surface area contributed by atoms with Gasteiger partial charge in [0.1, 0.15) is 5.76 Å². The van der Waals surface area contributed by atoms with Gasteiger partial charge in [-0.1, -0.05) is 0 Å². The fourth-order valence-corrected chi connectivity index (χ4v) is 3.24. The molecule has 0 bridgehead atoms. The summed E-state index contributed by atoms with van der Waals surface area (Å²) in [5.74, 6) is 0.806. The van der Waals surface area contributed by atoms with E-state index >= 15 is 0 Å². The highest BCUT2D eigenvalue weighted by Gasteiger charge is 2.32. The molecule has 0 unspecified atom stereocenters. The van der Waals surface area contributed by atoms with Crippen molar-refractivity contribution in [1.82, 2.24) is 4.98 Å². The molecule has 2 aromatic rings. The maximum atomic E-state index is 12.3. The fourth-order valence-electron chi connectivity index (χ4n) is 1.83. The lowest BCUT2D eigenvalue weighted by Gasteiger charge is -2.20. The van der Waals surface area contributed by atoms with Gasteiger partial charge in [-0.3, -0.25) is 0 Å². The highest BCUT2D eigenvalue weighted by molar-refractivity contribution is 9.10. The normalized spacial score (nSPS) is 12.4. The Balaban J connectivity index is 2.18. The van der Waals surface area contributed by atoms with Crippen molar-refractivity contribution >= 4 is 31.5 Å². The average Bonchev–Trinajstić information content (AvgIpc) is 2.83. The summed E-state index contributed by atoms with van der Waals surface area (Å²) in [6, 6.07) is 7.01. The zero-order chi connectivity index (χ0) is 16.5. The van der Waals surface area contributed by atoms with Crippen molar-refractivity contribution in [2.75, 3.05) is 11.9 Å². The lowest BCUT2D eigenvalue weighted by atomic mass is 10.3. The van der Waals surface area contributed by atoms with Crippen molar-refractivity contribution < 1.29 is 12.8 Å². The van der Waals surface area contributed by atoms with E-state index in [1.54, 1.807) is 39.1 Å². The molecular formula is C15H19BrN2O3S. The smallest absolute Gasteiger partial charge is 0.200 e. The van der Waals surface area contributed by atoms with Crippen molar-refractivity contribution in [2.45, 2.75) is 37.1 Å². The van der Waals surface area contributed by atoms with Gasteiger partial charge in [-0.05, 0) is 61.0 Å². The third-order valence-electron chi connectivity index (χ3n) is 3.26. The van der Waals surface area contributed by atoms with Crippen LogP contribution in [0.2, 0.25) is 0 Å². The van der Waals surface area contributed by atoms with Gasteiger partial charge in [0.05, 0.1) is 23.2 Å². The number of rotatable bonds is 4. The van der Waals surface area contributed by atoms with Crippen LogP contribution in [0.3, 0.4) is 0 Å². The van der Waals surface area contributed by atoms with Crippen LogP contribution in [0.4, 0.5) is 5.69 Å². The number of halogens is 1. The first-order valence-corrected chi connectivity index (χ1v) is 9.05. The highest BCUT2D eigenvalue weighted by atomic mass is 79.9. The second-order valence-corrected chi connectivity index (χ2v) is 9.46. The molecule has 2 aromatic heterocycles. The molecule has 0 aromatic carbocycles. The van der Waals surface area contributed by atoms with E-state index in [9.17, 15) is 8.42 Å². The molecule has 0 atom stereocenters. The first-order valence-electron chi connectivity index (χ1n) is 6.77. The maximum absolute atomic E-state index is 12.3. The molecule has 0 aliphatic carbocycles. The van der Waals surface area contributed by atoms with Gasteiger partial charge in [0.2, 0.25) is 0 Å². The van der Waals surface area contributed by atoms with Crippen LogP contribution in [-0.4, -0.2) is 25.2 Å². The summed E-state index contributed by atoms with van der Waals surface area (Å²) in [5.41, 5.74) is 0.820. The Labute approximate surface area is 139 Å². The average molecular weight is 387 g/mol. The second kappa shape index (κ2) is 6.04. The van der Waals surface area contributed by atoms with Gasteiger partial charge in [0, 0.05) is 7.05 Å². The molecule has 0 radical (unpaired) electrons. The van der Waals surface area contributed by atoms with Gasteiger partial charge < -0.3 is 9.32 Å². The minimum atomic E-state index is -3.43. The molecule has 0 N–H and O–H groups in total. The third-order valence-corrected chi connectivity index (χ3v) is 6.10. The molecule has 0 spiro atoms. The van der Waals surface area contributed by atoms with E-state index in [2.05, 4.69) is 20.9 Å². The molecule has 0 aliphatic heterocycles. The third kappa shape index (κ3) is 3.52. The molecule has 0 fully saturated rings. The van der Waals surface area contributed by atoms with Gasteiger partial charge in [0.25, 0.3) is 0 Å². The van der Waals surface area contributed by atoms with Gasteiger partial charge in [-0.25, -0.2) is 13.4 Å². The van der Waals surface area contributed by atoms with E-state index < -0.39 is 14.6 Å². The Morgan fingerprint density at radius 3 is 2.36 bits per heavy atom. The number of sulfone groups is 1. The van der Waals surface area contributed by atoms with E-state index in [1.807, 2.05) is 24.1 Å². The van der Waals surface area contributed by atoms with E-state index in [4.69, 9.17) is 4.42 Å². The maximum Gasteiger partial charge on any atom is 0.200 e. The van der Waals surface area contributed by atoms with Crippen molar-refractivity contribution in [3.8, 4) is 0 Å². The number of pyridine rings is 1. The molecule has 7 heteroatoms. The summed E-state index contributed by atoms with van der Waals surface area (Å²) in [4.78, 5) is 6.05. The first kappa shape index (κ1) is 17.0. The lowest BCUT2D eigenvalue weighted by molar-refractivity contribution is 0.486. The number of furan rings is 1. The van der Waals surface area contributed by atoms with Crippen LogP contribution in [0.25, 0.3) is 0 Å². The van der Waals surface area contributed by atoms with E-state index in [1.165, 1.54) is 0 Å². The van der Waals surface area contributed by atoms with Gasteiger partial charge in [-0.2, -0.15) is 0 Å². The molecule has 22 heavy (non-hydrogen) atoms. The summed E-state index contributed by atoms with van der Waals surface area (Å²) in [5, 5.41) is 0.0953. The van der Waals surface area contributed by atoms with E-state index in [-0.39, 0.29) is 5.03 Å². The molecular weight excluding hydrogens is 368 g/mol. The number of anilines is 1. The van der Waals surface area contributed by atoms with E-state index in [0.717, 1.165) is 11.4 Å². The SMILES string of the molecule is CN(Cc1ccc(Br)o1)c1ccc(S(=O)(=O)C(C)(C)C)nc1. The Hall–Kier alpha value is -1.34. The van der Waals surface area contributed by atoms with Crippen LogP contribution >= 0.6 is 15.9 Å². The van der Waals surface area contributed by atoms with Crippen LogP contribution < -0.4 is 4.90 Å². The number of hydrogen-bond donors (Lipinski definition) is 0. The second-order valence-electron chi connectivity index (χ2n) is 6.03. The lowest BCUT2D eigenvalue weighted by Crippen LogP contribution is -2.28. The molecule has 0 amide bonds. The Bertz CT molecular complexity index is 746. The van der Waals surface area contributed by atoms with Gasteiger partial charge in [-0.15, -0.1) is 0 Å². The fraction of sp³-hybridized carbons (Fsp3) is 0.400. The number of hydrogen-bond acceptors (Lipinski definition) is 5. The summed E-state index contributed by atoms with van der Waals surface area (Å²) in [6.07, 6.45) is 1.57. The van der Waals surface area contributed by atoms with Crippen molar-refractivity contribution in [2.24, 2.45) is 0 Å². The summed E-state index contributed by atoms with van der Waals surface area (Å²) in [7, 11) is -1.53. The molecule has 5 nitrogen and oxygen atoms in total. The standard InChI is InChI=1S/C15H19BrN2O3S/c1-15(2,3)22(19,20)14-8-5-11(9-17-14)18(4)10-12-6-7-13(16)21-12/h5-9H,10H2,1-4H3. The molecule has 0 aliphatic rings. The zero-order valence-electron chi connectivity index (χ0n) is 13.0. The minimum absolute atomic E-state index is 0.0953. The predicted octanol–water partition coefficient (Wildman–Crippen LogP) is 3.65. The molecule has 0 saturated carbocycles. The number of aromatic nitrogens is 1. The zero-order valence-corrected chi connectivity index (χ0v) is 15.4. The van der Waals surface area contributed by atoms with Crippen LogP contribution in [0.15, 0.2) is 44.6 Å². The van der Waals surface area contributed by atoms with Crippen LogP contribution in [0, 0.1) is 0 Å². The van der Waals surface area contributed by atoms with Crippen molar-refractivity contribution in [1.29, 1.82) is 0 Å². The van der Waals surface area contributed by atoms with Crippen molar-refractivity contribution in [3.05, 3.63) is 40.9 Å². The first-order chi connectivity index (χ1) is 10.1. The molecule has 2 rings (SSSR count). The Morgan fingerprint density at radius 2 is 1.91 bits per heavy atom. The molecule has 0 saturated heterocycles.